The second-order valence-electron chi connectivity index (χ2n) is 4.57. The molecular formula is C16H19N3O. The van der Waals surface area contributed by atoms with Gasteiger partial charge in [-0.05, 0) is 36.2 Å². The van der Waals surface area contributed by atoms with Crippen molar-refractivity contribution in [3.63, 3.8) is 0 Å². The largest absolute Gasteiger partial charge is 0.387 e. The average Bonchev–Trinajstić information content (AvgIpc) is 2.53. The maximum atomic E-state index is 12.3. The van der Waals surface area contributed by atoms with Crippen LogP contribution in [0.3, 0.4) is 0 Å². The molecule has 0 saturated carbocycles. The van der Waals surface area contributed by atoms with Crippen LogP contribution in [-0.2, 0) is 6.42 Å². The molecule has 1 aromatic carbocycles. The molecule has 0 unspecified atom stereocenters. The van der Waals surface area contributed by atoms with E-state index in [0.717, 1.165) is 17.8 Å². The van der Waals surface area contributed by atoms with Crippen LogP contribution in [0.15, 0.2) is 42.6 Å². The molecule has 0 spiro atoms. The summed E-state index contributed by atoms with van der Waals surface area (Å²) in [7, 11) is 3.58. The van der Waals surface area contributed by atoms with Crippen molar-refractivity contribution in [3.8, 4) is 0 Å². The van der Waals surface area contributed by atoms with Crippen LogP contribution < -0.4 is 10.2 Å². The SMILES string of the molecule is CCc1ccc(N(C)C(=O)c2ccc(NC)cn2)cc1. The van der Waals surface area contributed by atoms with Gasteiger partial charge in [-0.15, -0.1) is 0 Å². The van der Waals surface area contributed by atoms with Gasteiger partial charge in [0.2, 0.25) is 0 Å². The minimum absolute atomic E-state index is 0.114. The zero-order valence-electron chi connectivity index (χ0n) is 12.1. The third-order valence-corrected chi connectivity index (χ3v) is 3.31. The zero-order chi connectivity index (χ0) is 14.5. The number of rotatable bonds is 4. The standard InChI is InChI=1S/C16H19N3O/c1-4-12-5-8-14(9-6-12)19(3)16(20)15-10-7-13(17-2)11-18-15/h5-11,17H,4H2,1-3H3. The van der Waals surface area contributed by atoms with Crippen LogP contribution in [0.2, 0.25) is 0 Å². The Balaban J connectivity index is 2.17. The van der Waals surface area contributed by atoms with E-state index >= 15 is 0 Å². The molecule has 2 aromatic rings. The van der Waals surface area contributed by atoms with Gasteiger partial charge < -0.3 is 10.2 Å². The monoisotopic (exact) mass is 269 g/mol. The Kier molecular flexibility index (Phi) is 4.35. The highest BCUT2D eigenvalue weighted by Crippen LogP contribution is 2.16. The first kappa shape index (κ1) is 14.1. The number of benzene rings is 1. The van der Waals surface area contributed by atoms with Gasteiger partial charge in [0.15, 0.2) is 0 Å². The molecule has 1 N–H and O–H groups in total. The molecule has 0 aliphatic rings. The molecule has 1 aromatic heterocycles. The summed E-state index contributed by atoms with van der Waals surface area (Å²) >= 11 is 0. The Morgan fingerprint density at radius 2 is 1.90 bits per heavy atom. The van der Waals surface area contributed by atoms with Gasteiger partial charge in [0.1, 0.15) is 5.69 Å². The van der Waals surface area contributed by atoms with Crippen molar-refractivity contribution in [3.05, 3.63) is 53.9 Å². The number of carbonyl (C=O) groups is 1. The minimum atomic E-state index is -0.114. The van der Waals surface area contributed by atoms with Crippen LogP contribution in [0.1, 0.15) is 23.0 Å². The Bertz CT molecular complexity index is 576. The van der Waals surface area contributed by atoms with Gasteiger partial charge in [-0.2, -0.15) is 0 Å². The second-order valence-corrected chi connectivity index (χ2v) is 4.57. The second kappa shape index (κ2) is 6.19. The molecule has 20 heavy (non-hydrogen) atoms. The number of nitrogens with one attached hydrogen (secondary N) is 1. The lowest BCUT2D eigenvalue weighted by Crippen LogP contribution is -2.27. The maximum absolute atomic E-state index is 12.3. The third-order valence-electron chi connectivity index (χ3n) is 3.31. The van der Waals surface area contributed by atoms with Crippen molar-refractivity contribution in [1.82, 2.24) is 4.98 Å². The fraction of sp³-hybridized carbons (Fsp3) is 0.250. The van der Waals surface area contributed by atoms with Gasteiger partial charge in [-0.1, -0.05) is 19.1 Å². The quantitative estimate of drug-likeness (QED) is 0.928. The number of pyridine rings is 1. The van der Waals surface area contributed by atoms with Crippen LogP contribution >= 0.6 is 0 Å². The molecule has 4 nitrogen and oxygen atoms in total. The summed E-state index contributed by atoms with van der Waals surface area (Å²) in [5.74, 6) is -0.114. The molecule has 4 heteroatoms. The predicted octanol–water partition coefficient (Wildman–Crippen LogP) is 2.96. The van der Waals surface area contributed by atoms with Crippen molar-refractivity contribution in [2.75, 3.05) is 24.3 Å². The molecular weight excluding hydrogens is 250 g/mol. The molecule has 2 rings (SSSR count). The van der Waals surface area contributed by atoms with Gasteiger partial charge in [0.25, 0.3) is 5.91 Å². The van der Waals surface area contributed by atoms with E-state index in [4.69, 9.17) is 0 Å². The summed E-state index contributed by atoms with van der Waals surface area (Å²) in [6.07, 6.45) is 2.65. The van der Waals surface area contributed by atoms with Gasteiger partial charge >= 0.3 is 0 Å². The van der Waals surface area contributed by atoms with Crippen molar-refractivity contribution in [2.45, 2.75) is 13.3 Å². The smallest absolute Gasteiger partial charge is 0.276 e. The topological polar surface area (TPSA) is 45.2 Å². The van der Waals surface area contributed by atoms with E-state index in [1.54, 1.807) is 24.2 Å². The van der Waals surface area contributed by atoms with E-state index in [2.05, 4.69) is 17.2 Å². The Morgan fingerprint density at radius 1 is 1.20 bits per heavy atom. The highest BCUT2D eigenvalue weighted by atomic mass is 16.2. The van der Waals surface area contributed by atoms with Gasteiger partial charge in [-0.25, -0.2) is 4.98 Å². The maximum Gasteiger partial charge on any atom is 0.276 e. The summed E-state index contributed by atoms with van der Waals surface area (Å²) < 4.78 is 0. The van der Waals surface area contributed by atoms with Crippen LogP contribution in [0.5, 0.6) is 0 Å². The molecule has 104 valence electrons. The molecule has 0 aliphatic heterocycles. The third kappa shape index (κ3) is 2.96. The summed E-state index contributed by atoms with van der Waals surface area (Å²) in [4.78, 5) is 18.1. The van der Waals surface area contributed by atoms with Crippen LogP contribution in [0.4, 0.5) is 11.4 Å². The number of carbonyl (C=O) groups excluding carboxylic acids is 1. The Hall–Kier alpha value is -2.36. The van der Waals surface area contributed by atoms with Gasteiger partial charge in [0, 0.05) is 19.8 Å². The lowest BCUT2D eigenvalue weighted by molar-refractivity contribution is 0.0988. The van der Waals surface area contributed by atoms with Crippen LogP contribution in [0, 0.1) is 0 Å². The fourth-order valence-corrected chi connectivity index (χ4v) is 1.91. The van der Waals surface area contributed by atoms with Crippen molar-refractivity contribution < 1.29 is 4.79 Å². The van der Waals surface area contributed by atoms with E-state index in [9.17, 15) is 4.79 Å². The number of aryl methyl sites for hydroxylation is 1. The van der Waals surface area contributed by atoms with Crippen molar-refractivity contribution in [1.29, 1.82) is 0 Å². The summed E-state index contributed by atoms with van der Waals surface area (Å²) in [5.41, 5.74) is 3.44. The molecule has 0 bridgehead atoms. The Morgan fingerprint density at radius 3 is 2.40 bits per heavy atom. The van der Waals surface area contributed by atoms with Crippen LogP contribution in [-0.4, -0.2) is 25.0 Å². The van der Waals surface area contributed by atoms with Gasteiger partial charge in [-0.3, -0.25) is 4.79 Å². The van der Waals surface area contributed by atoms with E-state index in [1.165, 1.54) is 5.56 Å². The average molecular weight is 269 g/mol. The number of anilines is 2. The molecule has 0 saturated heterocycles. The number of nitrogens with zero attached hydrogens (tertiary/aromatic N) is 2. The normalized spacial score (nSPS) is 10.2. The minimum Gasteiger partial charge on any atom is -0.387 e. The van der Waals surface area contributed by atoms with Crippen molar-refractivity contribution in [2.24, 2.45) is 0 Å². The Labute approximate surface area is 119 Å². The molecule has 1 amide bonds. The lowest BCUT2D eigenvalue weighted by Gasteiger charge is -2.17. The van der Waals surface area contributed by atoms with E-state index in [1.807, 2.05) is 37.4 Å². The lowest BCUT2D eigenvalue weighted by atomic mass is 10.1. The molecule has 0 radical (unpaired) electrons. The number of hydrogen-bond donors (Lipinski definition) is 1. The highest BCUT2D eigenvalue weighted by Gasteiger charge is 2.14. The first-order valence-corrected chi connectivity index (χ1v) is 6.66. The van der Waals surface area contributed by atoms with E-state index in [-0.39, 0.29) is 5.91 Å². The summed E-state index contributed by atoms with van der Waals surface area (Å²) in [6.45, 7) is 2.11. The first-order valence-electron chi connectivity index (χ1n) is 6.66. The number of amides is 1. The fourth-order valence-electron chi connectivity index (χ4n) is 1.91. The molecule has 1 heterocycles. The predicted molar refractivity (Wildman–Crippen MR) is 82.3 cm³/mol. The van der Waals surface area contributed by atoms with Gasteiger partial charge in [0.05, 0.1) is 11.9 Å². The summed E-state index contributed by atoms with van der Waals surface area (Å²) in [5, 5.41) is 2.98. The molecule has 0 atom stereocenters. The van der Waals surface area contributed by atoms with E-state index < -0.39 is 0 Å². The summed E-state index contributed by atoms with van der Waals surface area (Å²) in [6, 6.07) is 11.6. The zero-order valence-corrected chi connectivity index (χ0v) is 12.1. The number of aromatic nitrogens is 1. The molecule has 0 fully saturated rings. The first-order chi connectivity index (χ1) is 9.65. The number of hydrogen-bond acceptors (Lipinski definition) is 3. The van der Waals surface area contributed by atoms with E-state index in [0.29, 0.717) is 5.69 Å². The van der Waals surface area contributed by atoms with Crippen LogP contribution in [0.25, 0.3) is 0 Å². The van der Waals surface area contributed by atoms with Crippen molar-refractivity contribution >= 4 is 17.3 Å². The highest BCUT2D eigenvalue weighted by molar-refractivity contribution is 6.04. The molecule has 0 aliphatic carbocycles.